The van der Waals surface area contributed by atoms with E-state index in [0.29, 0.717) is 18.8 Å². The summed E-state index contributed by atoms with van der Waals surface area (Å²) < 4.78 is 12.0. The van der Waals surface area contributed by atoms with E-state index in [2.05, 4.69) is 13.8 Å². The molecule has 16 heavy (non-hydrogen) atoms. The second-order valence-electron chi connectivity index (χ2n) is 4.69. The Hall–Kier alpha value is -0.890. The average Bonchev–Trinajstić information content (AvgIpc) is 2.26. The summed E-state index contributed by atoms with van der Waals surface area (Å²) in [6.45, 7) is 4.01. The molecule has 0 aliphatic rings. The number of halogens is 1. The summed E-state index contributed by atoms with van der Waals surface area (Å²) in [5.41, 5.74) is 2.18. The lowest BCUT2D eigenvalue weighted by molar-refractivity contribution is 0.161. The Morgan fingerprint density at radius 2 is 1.81 bits per heavy atom. The summed E-state index contributed by atoms with van der Waals surface area (Å²) in [6.07, 6.45) is 1.46. The molecule has 0 aromatic heterocycles. The molecule has 0 radical (unpaired) electrons. The third-order valence-corrected chi connectivity index (χ3v) is 2.62. The summed E-state index contributed by atoms with van der Waals surface area (Å²) in [7, 11) is 0. The molecule has 0 amide bonds. The van der Waals surface area contributed by atoms with Crippen LogP contribution >= 0.6 is 0 Å². The minimum atomic E-state index is -0.524. The Labute approximate surface area is 97.3 Å². The lowest BCUT2D eigenvalue weighted by Crippen LogP contribution is -1.99. The predicted octanol–water partition coefficient (Wildman–Crippen LogP) is 3.67. The highest BCUT2D eigenvalue weighted by atomic mass is 19.1. The summed E-state index contributed by atoms with van der Waals surface area (Å²) in [5.74, 6) is 0.641. The fourth-order valence-electron chi connectivity index (χ4n) is 1.78. The van der Waals surface area contributed by atoms with E-state index in [1.807, 2.05) is 24.3 Å². The Bertz CT molecular complexity index is 292. The molecule has 1 atom stereocenters. The van der Waals surface area contributed by atoms with Crippen LogP contribution in [0.2, 0.25) is 0 Å². The van der Waals surface area contributed by atoms with Crippen molar-refractivity contribution in [3.05, 3.63) is 35.4 Å². The zero-order chi connectivity index (χ0) is 12.0. The molecule has 1 nitrogen and oxygen atoms in total. The quantitative estimate of drug-likeness (QED) is 0.781. The molecule has 0 aliphatic heterocycles. The van der Waals surface area contributed by atoms with Gasteiger partial charge in [0.2, 0.25) is 0 Å². The lowest BCUT2D eigenvalue weighted by Gasteiger charge is -2.11. The molecule has 1 N–H and O–H groups in total. The first kappa shape index (κ1) is 13.2. The van der Waals surface area contributed by atoms with Gasteiger partial charge in [0.25, 0.3) is 0 Å². The van der Waals surface area contributed by atoms with Crippen molar-refractivity contribution in [2.45, 2.75) is 39.2 Å². The van der Waals surface area contributed by atoms with Crippen LogP contribution in [0.3, 0.4) is 0 Å². The third kappa shape index (κ3) is 4.31. The zero-order valence-corrected chi connectivity index (χ0v) is 10.1. The maximum atomic E-state index is 12.0. The largest absolute Gasteiger partial charge is 0.388 e. The van der Waals surface area contributed by atoms with Gasteiger partial charge in [0.1, 0.15) is 0 Å². The molecule has 0 saturated heterocycles. The third-order valence-electron chi connectivity index (χ3n) is 2.62. The molecule has 1 unspecified atom stereocenters. The normalized spacial score (nSPS) is 13.1. The Kier molecular flexibility index (Phi) is 5.47. The number of aliphatic hydroxyl groups is 1. The second kappa shape index (κ2) is 6.64. The van der Waals surface area contributed by atoms with Crippen molar-refractivity contribution in [2.24, 2.45) is 5.92 Å². The Morgan fingerprint density at radius 3 is 2.31 bits per heavy atom. The maximum Gasteiger partial charge on any atom is 0.0895 e. The van der Waals surface area contributed by atoms with E-state index < -0.39 is 6.10 Å². The van der Waals surface area contributed by atoms with Crippen LogP contribution in [-0.4, -0.2) is 11.8 Å². The van der Waals surface area contributed by atoms with E-state index >= 15 is 0 Å². The van der Waals surface area contributed by atoms with Gasteiger partial charge >= 0.3 is 0 Å². The first-order chi connectivity index (χ1) is 7.63. The molecule has 2 heteroatoms. The SMILES string of the molecule is CC(C)Cc1ccc(C(O)CCCF)cc1. The smallest absolute Gasteiger partial charge is 0.0895 e. The summed E-state index contributed by atoms with van der Waals surface area (Å²) in [6, 6.07) is 7.99. The summed E-state index contributed by atoms with van der Waals surface area (Å²) in [4.78, 5) is 0. The number of rotatable bonds is 6. The van der Waals surface area contributed by atoms with E-state index in [1.54, 1.807) is 0 Å². The van der Waals surface area contributed by atoms with E-state index in [1.165, 1.54) is 5.56 Å². The van der Waals surface area contributed by atoms with Crippen LogP contribution in [0.15, 0.2) is 24.3 Å². The van der Waals surface area contributed by atoms with Gasteiger partial charge in [0.05, 0.1) is 12.8 Å². The van der Waals surface area contributed by atoms with E-state index in [4.69, 9.17) is 0 Å². The minimum Gasteiger partial charge on any atom is -0.388 e. The van der Waals surface area contributed by atoms with Crippen molar-refractivity contribution >= 4 is 0 Å². The molecule has 1 rings (SSSR count). The molecule has 0 bridgehead atoms. The van der Waals surface area contributed by atoms with Crippen LogP contribution < -0.4 is 0 Å². The standard InChI is InChI=1S/C14H21FO/c1-11(2)10-12-5-7-13(8-6-12)14(16)4-3-9-15/h5-8,11,14,16H,3-4,9-10H2,1-2H3. The summed E-state index contributed by atoms with van der Waals surface area (Å²) in [5, 5.41) is 9.76. The van der Waals surface area contributed by atoms with E-state index in [0.717, 1.165) is 12.0 Å². The van der Waals surface area contributed by atoms with Gasteiger partial charge in [-0.1, -0.05) is 38.1 Å². The van der Waals surface area contributed by atoms with Gasteiger partial charge in [-0.3, -0.25) is 4.39 Å². The van der Waals surface area contributed by atoms with Crippen LogP contribution in [-0.2, 0) is 6.42 Å². The van der Waals surface area contributed by atoms with Gasteiger partial charge in [0.15, 0.2) is 0 Å². The average molecular weight is 224 g/mol. The molecular weight excluding hydrogens is 203 g/mol. The van der Waals surface area contributed by atoms with E-state index in [-0.39, 0.29) is 6.67 Å². The van der Waals surface area contributed by atoms with Crippen LogP contribution in [0.25, 0.3) is 0 Å². The first-order valence-corrected chi connectivity index (χ1v) is 5.96. The number of hydrogen-bond acceptors (Lipinski definition) is 1. The monoisotopic (exact) mass is 224 g/mol. The number of hydrogen-bond donors (Lipinski definition) is 1. The highest BCUT2D eigenvalue weighted by Crippen LogP contribution is 2.19. The van der Waals surface area contributed by atoms with Crippen molar-refractivity contribution in [3.8, 4) is 0 Å². The van der Waals surface area contributed by atoms with Crippen LogP contribution in [0.4, 0.5) is 4.39 Å². The Balaban J connectivity index is 2.56. The molecule has 0 spiro atoms. The predicted molar refractivity (Wildman–Crippen MR) is 65.2 cm³/mol. The molecule has 0 saturated carbocycles. The zero-order valence-electron chi connectivity index (χ0n) is 10.1. The molecule has 1 aromatic carbocycles. The van der Waals surface area contributed by atoms with Crippen molar-refractivity contribution in [1.29, 1.82) is 0 Å². The summed E-state index contributed by atoms with van der Waals surface area (Å²) >= 11 is 0. The number of aliphatic hydroxyl groups excluding tert-OH is 1. The van der Waals surface area contributed by atoms with Crippen molar-refractivity contribution in [2.75, 3.05) is 6.67 Å². The first-order valence-electron chi connectivity index (χ1n) is 5.96. The minimum absolute atomic E-state index is 0.359. The highest BCUT2D eigenvalue weighted by Gasteiger charge is 2.07. The second-order valence-corrected chi connectivity index (χ2v) is 4.69. The molecule has 90 valence electrons. The van der Waals surface area contributed by atoms with Gasteiger partial charge in [-0.15, -0.1) is 0 Å². The van der Waals surface area contributed by atoms with Gasteiger partial charge in [-0.2, -0.15) is 0 Å². The van der Waals surface area contributed by atoms with Gasteiger partial charge < -0.3 is 5.11 Å². The molecule has 0 heterocycles. The maximum absolute atomic E-state index is 12.0. The fourth-order valence-corrected chi connectivity index (χ4v) is 1.78. The fraction of sp³-hybridized carbons (Fsp3) is 0.571. The van der Waals surface area contributed by atoms with Gasteiger partial charge in [-0.25, -0.2) is 0 Å². The molecule has 0 aliphatic carbocycles. The van der Waals surface area contributed by atoms with Crippen molar-refractivity contribution < 1.29 is 9.50 Å². The van der Waals surface area contributed by atoms with Gasteiger partial charge in [0, 0.05) is 0 Å². The Morgan fingerprint density at radius 1 is 1.19 bits per heavy atom. The van der Waals surface area contributed by atoms with Crippen LogP contribution in [0.5, 0.6) is 0 Å². The lowest BCUT2D eigenvalue weighted by atomic mass is 9.99. The van der Waals surface area contributed by atoms with Gasteiger partial charge in [-0.05, 0) is 36.3 Å². The van der Waals surface area contributed by atoms with Crippen molar-refractivity contribution in [3.63, 3.8) is 0 Å². The topological polar surface area (TPSA) is 20.2 Å². The number of benzene rings is 1. The van der Waals surface area contributed by atoms with Crippen LogP contribution in [0, 0.1) is 5.92 Å². The molecule has 0 fully saturated rings. The molecule has 1 aromatic rings. The highest BCUT2D eigenvalue weighted by molar-refractivity contribution is 5.24. The molecular formula is C14H21FO. The number of alkyl halides is 1. The van der Waals surface area contributed by atoms with Crippen LogP contribution in [0.1, 0.15) is 43.9 Å². The van der Waals surface area contributed by atoms with E-state index in [9.17, 15) is 9.50 Å². The van der Waals surface area contributed by atoms with Crippen molar-refractivity contribution in [1.82, 2.24) is 0 Å².